The molecule has 0 spiro atoms. The molecule has 2 N–H and O–H groups in total. The van der Waals surface area contributed by atoms with Gasteiger partial charge in [0.05, 0.1) is 6.16 Å². The lowest BCUT2D eigenvalue weighted by Crippen LogP contribution is -2.18. The quantitative estimate of drug-likeness (QED) is 0.823. The molecule has 0 bridgehead atoms. The van der Waals surface area contributed by atoms with Crippen LogP contribution in [0.4, 0.5) is 0 Å². The Morgan fingerprint density at radius 3 is 2.26 bits per heavy atom. The molecule has 0 radical (unpaired) electrons. The molecule has 2 rings (SSSR count). The summed E-state index contributed by atoms with van der Waals surface area (Å²) in [4.78, 5) is 19.9. The molecule has 1 aliphatic heterocycles. The van der Waals surface area contributed by atoms with Gasteiger partial charge < -0.3 is 14.7 Å². The van der Waals surface area contributed by atoms with Gasteiger partial charge in [0.25, 0.3) is 0 Å². The van der Waals surface area contributed by atoms with E-state index in [2.05, 4.69) is 11.0 Å². The summed E-state index contributed by atoms with van der Waals surface area (Å²) in [5.74, 6) is 0. The van der Waals surface area contributed by atoms with Gasteiger partial charge in [-0.05, 0) is 23.4 Å². The molecule has 0 aliphatic carbocycles. The average Bonchev–Trinajstić information content (AvgIpc) is 2.31. The largest absolute Gasteiger partial charge is 0.369 e. The summed E-state index contributed by atoms with van der Waals surface area (Å²) in [7, 11) is -3.97. The van der Waals surface area contributed by atoms with Crippen molar-refractivity contribution in [2.45, 2.75) is 12.7 Å². The third-order valence-corrected chi connectivity index (χ3v) is 3.46. The van der Waals surface area contributed by atoms with E-state index in [9.17, 15) is 4.57 Å². The van der Waals surface area contributed by atoms with Gasteiger partial charge in [0.2, 0.25) is 0 Å². The van der Waals surface area contributed by atoms with Crippen LogP contribution in [0.2, 0.25) is 0 Å². The van der Waals surface area contributed by atoms with Gasteiger partial charge in [-0.2, -0.15) is 0 Å². The van der Waals surface area contributed by atoms with Crippen molar-refractivity contribution in [2.75, 3.05) is 6.54 Å². The van der Waals surface area contributed by atoms with E-state index < -0.39 is 7.60 Å². The number of allylic oxidation sites excluding steroid dienone is 2. The van der Waals surface area contributed by atoms with E-state index in [1.807, 2.05) is 30.5 Å². The molecule has 4 nitrogen and oxygen atoms in total. The Labute approximate surface area is 123 Å². The number of nitrogens with zero attached hydrogens (tertiary/aromatic N) is 1. The van der Waals surface area contributed by atoms with E-state index in [0.29, 0.717) is 5.56 Å². The fourth-order valence-corrected chi connectivity index (χ4v) is 2.53. The summed E-state index contributed by atoms with van der Waals surface area (Å²) in [5, 5.41) is 0. The van der Waals surface area contributed by atoms with Crippen LogP contribution in [0.5, 0.6) is 0 Å². The lowest BCUT2D eigenvalue weighted by Gasteiger charge is -2.20. The second-order valence-electron chi connectivity index (χ2n) is 4.34. The topological polar surface area (TPSA) is 60.8 Å². The van der Waals surface area contributed by atoms with Crippen molar-refractivity contribution in [3.8, 4) is 0 Å². The highest BCUT2D eigenvalue weighted by Gasteiger charge is 2.13. The van der Waals surface area contributed by atoms with E-state index in [4.69, 9.17) is 9.79 Å². The third kappa shape index (κ3) is 5.74. The number of rotatable bonds is 4. The smallest absolute Gasteiger partial charge is 0.329 e. The number of halogens is 1. The highest BCUT2D eigenvalue weighted by Crippen LogP contribution is 2.38. The standard InChI is InChI=1S/C13H16NO3P.BrH/c15-18(16,17)11-13-6-4-12(5-7-13)10-14-8-2-1-3-9-14;/h1-8H,9-11H2,(H2,15,16,17);1H. The van der Waals surface area contributed by atoms with Crippen molar-refractivity contribution in [1.82, 2.24) is 4.90 Å². The fraction of sp³-hybridized carbons (Fsp3) is 0.231. The van der Waals surface area contributed by atoms with Crippen LogP contribution in [-0.4, -0.2) is 21.2 Å². The minimum Gasteiger partial charge on any atom is -0.369 e. The summed E-state index contributed by atoms with van der Waals surface area (Å²) in [6.45, 7) is 1.69. The summed E-state index contributed by atoms with van der Waals surface area (Å²) >= 11 is 0. The zero-order valence-electron chi connectivity index (χ0n) is 10.3. The molecule has 1 aromatic rings. The summed E-state index contributed by atoms with van der Waals surface area (Å²) in [6, 6.07) is 7.38. The van der Waals surface area contributed by atoms with Gasteiger partial charge in [-0.3, -0.25) is 4.57 Å². The zero-order valence-corrected chi connectivity index (χ0v) is 13.0. The van der Waals surface area contributed by atoms with Crippen molar-refractivity contribution in [2.24, 2.45) is 0 Å². The second kappa shape index (κ2) is 7.06. The Balaban J connectivity index is 0.00000180. The van der Waals surface area contributed by atoms with E-state index in [1.165, 1.54) is 0 Å². The van der Waals surface area contributed by atoms with Crippen molar-refractivity contribution in [3.63, 3.8) is 0 Å². The van der Waals surface area contributed by atoms with Crippen LogP contribution >= 0.6 is 24.6 Å². The molecular formula is C13H17BrNO3P. The van der Waals surface area contributed by atoms with Gasteiger partial charge >= 0.3 is 7.60 Å². The first-order valence-corrected chi connectivity index (χ1v) is 7.52. The monoisotopic (exact) mass is 345 g/mol. The van der Waals surface area contributed by atoms with E-state index in [0.717, 1.165) is 18.7 Å². The van der Waals surface area contributed by atoms with E-state index >= 15 is 0 Å². The minimum absolute atomic E-state index is 0. The van der Waals surface area contributed by atoms with Crippen molar-refractivity contribution >= 4 is 24.6 Å². The van der Waals surface area contributed by atoms with E-state index in [1.54, 1.807) is 12.1 Å². The molecule has 104 valence electrons. The Kier molecular flexibility index (Phi) is 6.01. The molecule has 1 aromatic carbocycles. The summed E-state index contributed by atoms with van der Waals surface area (Å²) in [6.07, 6.45) is 7.93. The number of benzene rings is 1. The van der Waals surface area contributed by atoms with E-state index in [-0.39, 0.29) is 23.1 Å². The summed E-state index contributed by atoms with van der Waals surface area (Å²) < 4.78 is 10.9. The van der Waals surface area contributed by atoms with Crippen molar-refractivity contribution in [3.05, 3.63) is 59.8 Å². The predicted octanol–water partition coefficient (Wildman–Crippen LogP) is 2.83. The Morgan fingerprint density at radius 1 is 1.11 bits per heavy atom. The average molecular weight is 346 g/mol. The van der Waals surface area contributed by atoms with Crippen molar-refractivity contribution in [1.29, 1.82) is 0 Å². The lowest BCUT2D eigenvalue weighted by atomic mass is 10.1. The first-order valence-electron chi connectivity index (χ1n) is 5.73. The zero-order chi connectivity index (χ0) is 13.0. The highest BCUT2D eigenvalue weighted by atomic mass is 79.9. The molecule has 19 heavy (non-hydrogen) atoms. The first-order chi connectivity index (χ1) is 8.53. The van der Waals surface area contributed by atoms with Crippen LogP contribution < -0.4 is 0 Å². The number of hydrogen-bond donors (Lipinski definition) is 2. The molecule has 0 saturated heterocycles. The molecule has 0 unspecified atom stereocenters. The minimum atomic E-state index is -3.97. The highest BCUT2D eigenvalue weighted by molar-refractivity contribution is 8.93. The van der Waals surface area contributed by atoms with Gasteiger partial charge in [-0.25, -0.2) is 0 Å². The number of hydrogen-bond acceptors (Lipinski definition) is 2. The van der Waals surface area contributed by atoms with Gasteiger partial charge in [0.1, 0.15) is 0 Å². The predicted molar refractivity (Wildman–Crippen MR) is 81.2 cm³/mol. The maximum Gasteiger partial charge on any atom is 0.329 e. The van der Waals surface area contributed by atoms with Crippen LogP contribution in [0.3, 0.4) is 0 Å². The second-order valence-corrected chi connectivity index (χ2v) is 5.98. The Bertz CT molecular complexity index is 507. The molecule has 6 heteroatoms. The van der Waals surface area contributed by atoms with Crippen LogP contribution in [0.25, 0.3) is 0 Å². The van der Waals surface area contributed by atoms with Gasteiger partial charge in [0.15, 0.2) is 0 Å². The maximum atomic E-state index is 10.9. The first kappa shape index (κ1) is 16.2. The molecule has 1 heterocycles. The van der Waals surface area contributed by atoms with Crippen LogP contribution in [0.1, 0.15) is 11.1 Å². The molecule has 0 atom stereocenters. The SMILES string of the molecule is Br.O=P(O)(O)Cc1ccc(CN2C=CC=CC2)cc1. The molecule has 0 saturated carbocycles. The Morgan fingerprint density at radius 2 is 1.74 bits per heavy atom. The molecule has 0 fully saturated rings. The van der Waals surface area contributed by atoms with Crippen LogP contribution in [0.15, 0.2) is 48.7 Å². The normalized spacial score (nSPS) is 14.3. The van der Waals surface area contributed by atoms with Gasteiger partial charge in [-0.15, -0.1) is 17.0 Å². The molecule has 1 aliphatic rings. The fourth-order valence-electron chi connectivity index (χ4n) is 1.85. The van der Waals surface area contributed by atoms with Crippen LogP contribution in [-0.2, 0) is 17.3 Å². The van der Waals surface area contributed by atoms with Crippen molar-refractivity contribution < 1.29 is 14.4 Å². The van der Waals surface area contributed by atoms with Gasteiger partial charge in [-0.1, -0.05) is 36.4 Å². The van der Waals surface area contributed by atoms with Crippen LogP contribution in [0, 0.1) is 0 Å². The molecule has 0 amide bonds. The Hall–Kier alpha value is -0.870. The molecule has 0 aromatic heterocycles. The third-order valence-electron chi connectivity index (χ3n) is 2.68. The van der Waals surface area contributed by atoms with Gasteiger partial charge in [0, 0.05) is 13.1 Å². The maximum absolute atomic E-state index is 10.9. The summed E-state index contributed by atoms with van der Waals surface area (Å²) in [5.41, 5.74) is 1.80. The lowest BCUT2D eigenvalue weighted by molar-refractivity contribution is 0.371. The molecular weight excluding hydrogens is 329 g/mol.